The predicted octanol–water partition coefficient (Wildman–Crippen LogP) is 3.93. The van der Waals surface area contributed by atoms with Crippen molar-refractivity contribution >= 4 is 0 Å². The Morgan fingerprint density at radius 3 is 0.900 bits per heavy atom. The quantitative estimate of drug-likeness (QED) is 0.641. The fourth-order valence-corrected chi connectivity index (χ4v) is 0. The molecule has 0 fully saturated rings. The minimum Gasteiger partial charge on any atom is -0.358 e. The summed E-state index contributed by atoms with van der Waals surface area (Å²) in [6, 6.07) is 0. The van der Waals surface area contributed by atoms with Crippen LogP contribution in [-0.2, 0) is 20.1 Å². The molecule has 0 atom stereocenters. The van der Waals surface area contributed by atoms with Gasteiger partial charge < -0.3 is 21.3 Å². The Kier molecular flexibility index (Phi) is 320. The van der Waals surface area contributed by atoms with Crippen LogP contribution in [0.2, 0.25) is 0 Å². The van der Waals surface area contributed by atoms with Gasteiger partial charge in [0.2, 0.25) is 0 Å². The van der Waals surface area contributed by atoms with Gasteiger partial charge in [0.1, 0.15) is 0 Å². The Labute approximate surface area is 82.2 Å². The maximum Gasteiger partial charge on any atom is 3.00 e. The van der Waals surface area contributed by atoms with Crippen LogP contribution >= 0.6 is 0 Å². The maximum absolute atomic E-state index is 3.54. The van der Waals surface area contributed by atoms with Gasteiger partial charge in [0, 0.05) is 0 Å². The Morgan fingerprint density at radius 1 is 0.800 bits per heavy atom. The molecule has 0 nitrogen and oxygen atoms in total. The summed E-state index contributed by atoms with van der Waals surface area (Å²) < 4.78 is 0. The number of unbranched alkanes of at least 4 members (excludes halogenated alkanes) is 1. The van der Waals surface area contributed by atoms with E-state index in [1.54, 1.807) is 0 Å². The molecule has 0 aliphatic rings. The molecule has 0 N–H and O–H groups in total. The first-order valence-electron chi connectivity index (χ1n) is 3.50. The average molecular weight is 324 g/mol. The molecule has 0 unspecified atom stereocenters. The van der Waals surface area contributed by atoms with Gasteiger partial charge in [-0.05, 0) is 0 Å². The number of hydrogen-bond donors (Lipinski definition) is 0. The predicted molar refractivity (Wildman–Crippen MR) is 49.1 cm³/mol. The van der Waals surface area contributed by atoms with Crippen LogP contribution in [0.4, 0.5) is 0 Å². The van der Waals surface area contributed by atoms with Crippen molar-refractivity contribution in [3.8, 4) is 0 Å². The second-order valence-electron chi connectivity index (χ2n) is 0.707. The first-order chi connectivity index (χ1) is 3.91. The van der Waals surface area contributed by atoms with E-state index in [9.17, 15) is 0 Å². The third kappa shape index (κ3) is 186. The Bertz CT molecular complexity index is 6.69. The average Bonchev–Trinajstić information content (AvgIpc) is 1.96. The molecule has 0 aromatic carbocycles. The van der Waals surface area contributed by atoms with Crippen molar-refractivity contribution in [1.82, 2.24) is 0 Å². The van der Waals surface area contributed by atoms with Crippen molar-refractivity contribution in [2.75, 3.05) is 0 Å². The molecular formula is C9H23Ir. The van der Waals surface area contributed by atoms with Crippen LogP contribution < -0.4 is 0 Å². The Morgan fingerprint density at radius 2 is 0.900 bits per heavy atom. The van der Waals surface area contributed by atoms with Crippen molar-refractivity contribution in [3.63, 3.8) is 0 Å². The van der Waals surface area contributed by atoms with Crippen LogP contribution in [0.15, 0.2) is 0 Å². The van der Waals surface area contributed by atoms with Crippen LogP contribution in [0.5, 0.6) is 0 Å². The molecule has 0 radical (unpaired) electrons. The smallest absolute Gasteiger partial charge is 0.358 e. The fraction of sp³-hybridized carbons (Fsp3) is 0.667. The zero-order valence-corrected chi connectivity index (χ0v) is 10.6. The van der Waals surface area contributed by atoms with E-state index in [4.69, 9.17) is 0 Å². The summed E-state index contributed by atoms with van der Waals surface area (Å²) in [6.07, 6.45) is 1.92. The van der Waals surface area contributed by atoms with Gasteiger partial charge in [0.25, 0.3) is 0 Å². The minimum atomic E-state index is 0. The zero-order valence-electron chi connectivity index (χ0n) is 8.16. The molecule has 0 amide bonds. The zero-order chi connectivity index (χ0) is 7.41. The van der Waals surface area contributed by atoms with Crippen LogP contribution in [0.1, 0.15) is 40.5 Å². The second kappa shape index (κ2) is 103. The van der Waals surface area contributed by atoms with Gasteiger partial charge in [-0.25, -0.2) is 12.8 Å². The van der Waals surface area contributed by atoms with Gasteiger partial charge in [0.15, 0.2) is 0 Å². The monoisotopic (exact) mass is 324 g/mol. The fourth-order valence-electron chi connectivity index (χ4n) is 0. The summed E-state index contributed by atoms with van der Waals surface area (Å²) >= 11 is 0. The van der Waals surface area contributed by atoms with Gasteiger partial charge in [-0.3, -0.25) is 0 Å². The van der Waals surface area contributed by atoms with Crippen LogP contribution in [0, 0.1) is 21.3 Å². The summed E-state index contributed by atoms with van der Waals surface area (Å²) in [7, 11) is 0. The molecule has 0 aliphatic carbocycles. The Balaban J connectivity index is -0.0000000125. The summed E-state index contributed by atoms with van der Waals surface area (Å²) in [6.45, 7) is 15.1. The van der Waals surface area contributed by atoms with Gasteiger partial charge in [0.05, 0.1) is 0 Å². The summed E-state index contributed by atoms with van der Waals surface area (Å²) in [4.78, 5) is 0. The van der Waals surface area contributed by atoms with Gasteiger partial charge in [-0.15, -0.1) is 0 Å². The van der Waals surface area contributed by atoms with Crippen molar-refractivity contribution in [2.24, 2.45) is 0 Å². The van der Waals surface area contributed by atoms with E-state index in [0.717, 1.165) is 12.8 Å². The number of hydrogen-bond acceptors (Lipinski definition) is 0. The van der Waals surface area contributed by atoms with E-state index in [-0.39, 0.29) is 27.5 Å². The molecule has 0 rings (SSSR count). The van der Waals surface area contributed by atoms with E-state index in [2.05, 4.69) is 13.8 Å². The molecule has 10 heavy (non-hydrogen) atoms. The van der Waals surface area contributed by atoms with E-state index < -0.39 is 0 Å². The van der Waals surface area contributed by atoms with Gasteiger partial charge in [-0.2, -0.15) is 0 Å². The van der Waals surface area contributed by atoms with Crippen LogP contribution in [0.3, 0.4) is 0 Å². The van der Waals surface area contributed by atoms with Crippen LogP contribution in [0.25, 0.3) is 0 Å². The molecule has 0 aromatic heterocycles. The normalized spacial score (nSPS) is 4.20. The first kappa shape index (κ1) is 31.1. The molecule has 0 bridgehead atoms. The van der Waals surface area contributed by atoms with Crippen molar-refractivity contribution in [3.05, 3.63) is 21.3 Å². The van der Waals surface area contributed by atoms with Crippen molar-refractivity contribution < 1.29 is 20.1 Å². The Hall–Kier alpha value is 0.649. The molecule has 68 valence electrons. The van der Waals surface area contributed by atoms with E-state index in [0.29, 0.717) is 0 Å². The molecule has 0 saturated heterocycles. The van der Waals surface area contributed by atoms with Crippen molar-refractivity contribution in [2.45, 2.75) is 40.5 Å². The van der Waals surface area contributed by atoms with E-state index >= 15 is 0 Å². The van der Waals surface area contributed by atoms with Gasteiger partial charge in [-0.1, -0.05) is 27.7 Å². The molecule has 0 aromatic rings. The second-order valence-corrected chi connectivity index (χ2v) is 0.707. The summed E-state index contributed by atoms with van der Waals surface area (Å²) in [5.41, 5.74) is 0. The summed E-state index contributed by atoms with van der Waals surface area (Å²) in [5, 5.41) is 0. The van der Waals surface area contributed by atoms with E-state index in [1.165, 1.54) is 0 Å². The largest absolute Gasteiger partial charge is 3.00 e. The summed E-state index contributed by atoms with van der Waals surface area (Å²) in [5.74, 6) is 0. The molecule has 0 aliphatic heterocycles. The molecule has 0 saturated carbocycles. The molecule has 0 spiro atoms. The minimum absolute atomic E-state index is 0. The third-order valence-electron chi connectivity index (χ3n) is 0.250. The van der Waals surface area contributed by atoms with Gasteiger partial charge >= 0.3 is 20.1 Å². The number of rotatable bonds is 1. The maximum atomic E-state index is 3.54. The van der Waals surface area contributed by atoms with Crippen LogP contribution in [-0.4, -0.2) is 0 Å². The third-order valence-corrected chi connectivity index (χ3v) is 0.250. The SMILES string of the molecule is CC.CC.[CH2-]CC[CH2-].[CH3-].[Ir+3]. The topological polar surface area (TPSA) is 0 Å². The molecule has 1 heteroatoms. The molecule has 0 heterocycles. The molecular weight excluding hydrogens is 300 g/mol. The standard InChI is InChI=1S/C4H8.2C2H6.CH3.Ir/c1-3-4-2;2*1-2;;/h1-4H2;2*1-2H3;1H3;/q-2;;;-1;+3. The first-order valence-corrected chi connectivity index (χ1v) is 3.50. The van der Waals surface area contributed by atoms with E-state index in [1.807, 2.05) is 27.7 Å². The van der Waals surface area contributed by atoms with Crippen molar-refractivity contribution in [1.29, 1.82) is 0 Å².